The van der Waals surface area contributed by atoms with Crippen LogP contribution in [0.5, 0.6) is 11.5 Å². The Bertz CT molecular complexity index is 1270. The molecule has 2 aromatic heterocycles. The van der Waals surface area contributed by atoms with Crippen molar-refractivity contribution >= 4 is 16.9 Å². The van der Waals surface area contributed by atoms with Crippen molar-refractivity contribution in [3.8, 4) is 28.3 Å². The van der Waals surface area contributed by atoms with E-state index in [9.17, 15) is 19.8 Å². The number of para-hydroxylation sites is 1. The molecule has 0 atom stereocenters. The third-order valence-corrected chi connectivity index (χ3v) is 4.37. The van der Waals surface area contributed by atoms with Crippen LogP contribution in [0, 0.1) is 0 Å². The predicted octanol–water partition coefficient (Wildman–Crippen LogP) is 3.23. The van der Waals surface area contributed by atoms with Gasteiger partial charge in [0.15, 0.2) is 11.3 Å². The molecular formula is C21H16N2O6. The van der Waals surface area contributed by atoms with Gasteiger partial charge in [0.05, 0.1) is 29.4 Å². The van der Waals surface area contributed by atoms with Crippen LogP contribution in [0.25, 0.3) is 27.8 Å². The average Bonchev–Trinajstić information content (AvgIpc) is 3.21. The SMILES string of the molecule is CCOC(=O)c1oc2c(O)c(O)ccc2c(=O)c1-c1cnn(-c2ccccc2)c1. The predicted molar refractivity (Wildman–Crippen MR) is 104 cm³/mol. The molecule has 146 valence electrons. The highest BCUT2D eigenvalue weighted by Gasteiger charge is 2.26. The van der Waals surface area contributed by atoms with Crippen molar-refractivity contribution in [2.75, 3.05) is 6.61 Å². The summed E-state index contributed by atoms with van der Waals surface area (Å²) in [6.07, 6.45) is 3.03. The molecule has 0 saturated heterocycles. The van der Waals surface area contributed by atoms with Crippen LogP contribution >= 0.6 is 0 Å². The molecule has 2 heterocycles. The molecule has 0 saturated carbocycles. The van der Waals surface area contributed by atoms with Gasteiger partial charge in [0.2, 0.25) is 16.9 Å². The normalized spacial score (nSPS) is 10.9. The van der Waals surface area contributed by atoms with E-state index in [1.807, 2.05) is 30.3 Å². The number of phenols is 2. The van der Waals surface area contributed by atoms with E-state index < -0.39 is 22.9 Å². The molecule has 0 radical (unpaired) electrons. The number of esters is 1. The minimum Gasteiger partial charge on any atom is -0.504 e. The van der Waals surface area contributed by atoms with Crippen LogP contribution < -0.4 is 5.43 Å². The van der Waals surface area contributed by atoms with Gasteiger partial charge in [-0.25, -0.2) is 9.48 Å². The summed E-state index contributed by atoms with van der Waals surface area (Å²) in [4.78, 5) is 25.7. The number of rotatable bonds is 4. The van der Waals surface area contributed by atoms with Crippen LogP contribution in [-0.4, -0.2) is 32.6 Å². The Hall–Kier alpha value is -4.07. The van der Waals surface area contributed by atoms with Gasteiger partial charge in [-0.05, 0) is 31.2 Å². The summed E-state index contributed by atoms with van der Waals surface area (Å²) in [6.45, 7) is 1.68. The Labute approximate surface area is 164 Å². The number of benzene rings is 2. The summed E-state index contributed by atoms with van der Waals surface area (Å²) in [5.74, 6) is -2.34. The molecule has 4 rings (SSSR count). The van der Waals surface area contributed by atoms with Gasteiger partial charge >= 0.3 is 5.97 Å². The molecule has 2 aromatic carbocycles. The number of aromatic nitrogens is 2. The summed E-state index contributed by atoms with van der Waals surface area (Å²) in [7, 11) is 0. The van der Waals surface area contributed by atoms with Crippen molar-refractivity contribution < 1.29 is 24.2 Å². The van der Waals surface area contributed by atoms with Crippen LogP contribution in [0.1, 0.15) is 17.5 Å². The number of nitrogens with zero attached hydrogens (tertiary/aromatic N) is 2. The van der Waals surface area contributed by atoms with Crippen LogP contribution in [-0.2, 0) is 4.74 Å². The number of ether oxygens (including phenoxy) is 1. The van der Waals surface area contributed by atoms with E-state index in [1.54, 1.807) is 17.8 Å². The Kier molecular flexibility index (Phi) is 4.52. The van der Waals surface area contributed by atoms with Crippen molar-refractivity contribution in [1.29, 1.82) is 0 Å². The van der Waals surface area contributed by atoms with Gasteiger partial charge in [0, 0.05) is 11.8 Å². The zero-order valence-corrected chi connectivity index (χ0v) is 15.3. The minimum atomic E-state index is -0.864. The molecule has 0 unspecified atom stereocenters. The highest BCUT2D eigenvalue weighted by Crippen LogP contribution is 2.35. The highest BCUT2D eigenvalue weighted by atomic mass is 16.5. The van der Waals surface area contributed by atoms with E-state index in [0.29, 0.717) is 5.56 Å². The molecule has 0 amide bonds. The topological polar surface area (TPSA) is 115 Å². The van der Waals surface area contributed by atoms with E-state index in [0.717, 1.165) is 5.69 Å². The maximum absolute atomic E-state index is 13.2. The average molecular weight is 392 g/mol. The van der Waals surface area contributed by atoms with Crippen molar-refractivity contribution in [3.05, 3.63) is 70.8 Å². The van der Waals surface area contributed by atoms with Gasteiger partial charge in [-0.1, -0.05) is 18.2 Å². The zero-order valence-electron chi connectivity index (χ0n) is 15.3. The second-order valence-corrected chi connectivity index (χ2v) is 6.17. The quantitative estimate of drug-likeness (QED) is 0.405. The number of hydrogen-bond acceptors (Lipinski definition) is 7. The van der Waals surface area contributed by atoms with E-state index in [2.05, 4.69) is 5.10 Å². The second kappa shape index (κ2) is 7.16. The van der Waals surface area contributed by atoms with Gasteiger partial charge < -0.3 is 19.4 Å². The van der Waals surface area contributed by atoms with Gasteiger partial charge in [-0.2, -0.15) is 5.10 Å². The monoisotopic (exact) mass is 392 g/mol. The summed E-state index contributed by atoms with van der Waals surface area (Å²) >= 11 is 0. The van der Waals surface area contributed by atoms with Crippen LogP contribution in [0.15, 0.2) is 64.1 Å². The van der Waals surface area contributed by atoms with Gasteiger partial charge in [0.1, 0.15) is 0 Å². The molecule has 8 nitrogen and oxygen atoms in total. The van der Waals surface area contributed by atoms with Gasteiger partial charge in [-0.3, -0.25) is 4.79 Å². The number of fused-ring (bicyclic) bond motifs is 1. The molecule has 2 N–H and O–H groups in total. The lowest BCUT2D eigenvalue weighted by Crippen LogP contribution is -2.14. The Morgan fingerprint density at radius 3 is 2.66 bits per heavy atom. The molecule has 0 aliphatic carbocycles. The van der Waals surface area contributed by atoms with E-state index in [4.69, 9.17) is 9.15 Å². The van der Waals surface area contributed by atoms with Crippen LogP contribution in [0.3, 0.4) is 0 Å². The first-order valence-electron chi connectivity index (χ1n) is 8.80. The van der Waals surface area contributed by atoms with Crippen molar-refractivity contribution in [2.45, 2.75) is 6.92 Å². The molecule has 0 aliphatic rings. The smallest absolute Gasteiger partial charge is 0.375 e. The standard InChI is InChI=1S/C21H16N2O6/c1-2-28-21(27)20-16(12-10-22-23(11-12)13-6-4-3-5-7-13)17(25)14-8-9-15(24)18(26)19(14)29-20/h3-11,24,26H,2H2,1H3. The van der Waals surface area contributed by atoms with Crippen molar-refractivity contribution in [1.82, 2.24) is 9.78 Å². The summed E-state index contributed by atoms with van der Waals surface area (Å²) in [6, 6.07) is 11.7. The Balaban J connectivity index is 1.98. The van der Waals surface area contributed by atoms with Crippen molar-refractivity contribution in [2.24, 2.45) is 0 Å². The largest absolute Gasteiger partial charge is 0.504 e. The summed E-state index contributed by atoms with van der Waals surface area (Å²) in [5.41, 5.74) is 0.224. The van der Waals surface area contributed by atoms with E-state index in [1.165, 1.54) is 18.3 Å². The van der Waals surface area contributed by atoms with E-state index in [-0.39, 0.29) is 28.9 Å². The molecular weight excluding hydrogens is 376 g/mol. The fourth-order valence-corrected chi connectivity index (χ4v) is 3.01. The van der Waals surface area contributed by atoms with Crippen LogP contribution in [0.2, 0.25) is 0 Å². The molecule has 0 spiro atoms. The lowest BCUT2D eigenvalue weighted by molar-refractivity contribution is 0.0492. The Morgan fingerprint density at radius 1 is 1.17 bits per heavy atom. The Morgan fingerprint density at radius 2 is 1.93 bits per heavy atom. The lowest BCUT2D eigenvalue weighted by atomic mass is 10.0. The highest BCUT2D eigenvalue weighted by molar-refractivity contribution is 5.98. The van der Waals surface area contributed by atoms with Crippen LogP contribution in [0.4, 0.5) is 0 Å². The van der Waals surface area contributed by atoms with Crippen molar-refractivity contribution in [3.63, 3.8) is 0 Å². The van der Waals surface area contributed by atoms with Gasteiger partial charge in [0.25, 0.3) is 0 Å². The third-order valence-electron chi connectivity index (χ3n) is 4.37. The number of hydrogen-bond donors (Lipinski definition) is 2. The number of carbonyl (C=O) groups is 1. The maximum Gasteiger partial charge on any atom is 0.375 e. The van der Waals surface area contributed by atoms with Gasteiger partial charge in [-0.15, -0.1) is 0 Å². The number of aromatic hydroxyl groups is 2. The minimum absolute atomic E-state index is 0.0100. The first-order chi connectivity index (χ1) is 14.0. The van der Waals surface area contributed by atoms with E-state index >= 15 is 0 Å². The number of carbonyl (C=O) groups excluding carboxylic acids is 1. The molecule has 0 aliphatic heterocycles. The molecule has 0 fully saturated rings. The summed E-state index contributed by atoms with van der Waals surface area (Å²) < 4.78 is 12.1. The molecule has 0 bridgehead atoms. The maximum atomic E-state index is 13.2. The first-order valence-corrected chi connectivity index (χ1v) is 8.80. The second-order valence-electron chi connectivity index (χ2n) is 6.17. The molecule has 8 heteroatoms. The molecule has 4 aromatic rings. The lowest BCUT2D eigenvalue weighted by Gasteiger charge is -2.09. The number of phenolic OH excluding ortho intramolecular Hbond substituents is 2. The fraction of sp³-hybridized carbons (Fsp3) is 0.0952. The molecule has 29 heavy (non-hydrogen) atoms. The zero-order chi connectivity index (χ0) is 20.5. The first kappa shape index (κ1) is 18.3. The third kappa shape index (κ3) is 3.10. The summed E-state index contributed by atoms with van der Waals surface area (Å²) in [5, 5.41) is 24.1. The fourth-order valence-electron chi connectivity index (χ4n) is 3.01.